The Morgan fingerprint density at radius 3 is 2.61 bits per heavy atom. The lowest BCUT2D eigenvalue weighted by atomic mass is 10.1. The first-order valence-electron chi connectivity index (χ1n) is 10.9. The van der Waals surface area contributed by atoms with Gasteiger partial charge in [-0.15, -0.1) is 11.3 Å². The van der Waals surface area contributed by atoms with Crippen LogP contribution in [-0.4, -0.2) is 36.2 Å². The molecule has 10 heteroatoms. The number of nitrogens with zero attached hydrogens (tertiary/aromatic N) is 2. The number of rotatable bonds is 9. The Morgan fingerprint density at radius 1 is 1.06 bits per heavy atom. The first kappa shape index (κ1) is 24.7. The van der Waals surface area contributed by atoms with Gasteiger partial charge in [0, 0.05) is 16.0 Å². The van der Waals surface area contributed by atoms with Crippen molar-refractivity contribution >= 4 is 29.2 Å². The van der Waals surface area contributed by atoms with Crippen molar-refractivity contribution in [3.8, 4) is 22.9 Å². The molecule has 9 nitrogen and oxygen atoms in total. The highest BCUT2D eigenvalue weighted by Gasteiger charge is 2.18. The van der Waals surface area contributed by atoms with Crippen LogP contribution in [0, 0.1) is 6.92 Å². The highest BCUT2D eigenvalue weighted by molar-refractivity contribution is 7.10. The molecule has 0 unspecified atom stereocenters. The number of carbonyl (C=O) groups excluding carboxylic acids is 2. The summed E-state index contributed by atoms with van der Waals surface area (Å²) in [4.78, 5) is 31.1. The molecule has 0 fully saturated rings. The molecule has 2 amide bonds. The van der Waals surface area contributed by atoms with Crippen LogP contribution in [0.5, 0.6) is 11.5 Å². The Hall–Kier alpha value is -4.44. The number of hydrogen-bond acceptors (Lipinski definition) is 8. The molecule has 0 bridgehead atoms. The van der Waals surface area contributed by atoms with Crippen LogP contribution in [0.1, 0.15) is 26.7 Å². The molecule has 4 rings (SSSR count). The third-order valence-corrected chi connectivity index (χ3v) is 5.93. The number of benzene rings is 2. The van der Waals surface area contributed by atoms with Crippen molar-refractivity contribution in [2.75, 3.05) is 14.2 Å². The number of methoxy groups -OCH3 is 2. The predicted octanol–water partition coefficient (Wildman–Crippen LogP) is 4.21. The van der Waals surface area contributed by atoms with E-state index in [9.17, 15) is 9.59 Å². The van der Waals surface area contributed by atoms with E-state index >= 15 is 0 Å². The first-order valence-corrected chi connectivity index (χ1v) is 11.8. The van der Waals surface area contributed by atoms with Crippen LogP contribution in [0.25, 0.3) is 17.5 Å². The average Bonchev–Trinajstić information content (AvgIpc) is 3.59. The van der Waals surface area contributed by atoms with Crippen molar-refractivity contribution < 1.29 is 23.6 Å². The summed E-state index contributed by atoms with van der Waals surface area (Å²) in [5, 5.41) is 11.3. The number of nitrogens with one attached hydrogen (secondary N) is 2. The molecule has 0 atom stereocenters. The summed E-state index contributed by atoms with van der Waals surface area (Å²) >= 11 is 1.43. The van der Waals surface area contributed by atoms with Crippen LogP contribution in [0.3, 0.4) is 0 Å². The highest BCUT2D eigenvalue weighted by Crippen LogP contribution is 2.27. The monoisotopic (exact) mass is 504 g/mol. The van der Waals surface area contributed by atoms with Crippen LogP contribution in [0.15, 0.2) is 70.2 Å². The van der Waals surface area contributed by atoms with E-state index < -0.39 is 11.8 Å². The molecule has 184 valence electrons. The standard InChI is InChI=1S/C26H24N4O5S/c1-16-6-4-7-17(12-16)24-29-23(35-30-24)15-27-26(32)20(14-19-8-5-11-36-19)28-25(31)18-9-10-21(33-2)22(13-18)34-3/h4-14H,15H2,1-3H3,(H,27,32)(H,28,31)/b20-14-. The topological polar surface area (TPSA) is 116 Å². The van der Waals surface area contributed by atoms with Crippen molar-refractivity contribution in [2.24, 2.45) is 0 Å². The summed E-state index contributed by atoms with van der Waals surface area (Å²) in [6.07, 6.45) is 1.60. The fourth-order valence-electron chi connectivity index (χ4n) is 3.33. The molecule has 0 radical (unpaired) electrons. The van der Waals surface area contributed by atoms with E-state index in [4.69, 9.17) is 14.0 Å². The molecule has 2 heterocycles. The van der Waals surface area contributed by atoms with E-state index in [0.29, 0.717) is 22.9 Å². The van der Waals surface area contributed by atoms with Gasteiger partial charge in [-0.1, -0.05) is 35.0 Å². The van der Waals surface area contributed by atoms with Gasteiger partial charge in [0.05, 0.1) is 20.8 Å². The molecule has 0 aliphatic heterocycles. The summed E-state index contributed by atoms with van der Waals surface area (Å²) in [5.74, 6) is 0.575. The van der Waals surface area contributed by atoms with Gasteiger partial charge in [-0.2, -0.15) is 4.98 Å². The fourth-order valence-corrected chi connectivity index (χ4v) is 3.98. The van der Waals surface area contributed by atoms with Gasteiger partial charge < -0.3 is 24.6 Å². The van der Waals surface area contributed by atoms with E-state index in [1.54, 1.807) is 24.3 Å². The average molecular weight is 505 g/mol. The van der Waals surface area contributed by atoms with Gasteiger partial charge in [0.1, 0.15) is 5.70 Å². The maximum absolute atomic E-state index is 13.0. The molecule has 4 aromatic rings. The van der Waals surface area contributed by atoms with Gasteiger partial charge in [0.15, 0.2) is 11.5 Å². The minimum Gasteiger partial charge on any atom is -0.493 e. The van der Waals surface area contributed by atoms with Crippen molar-refractivity contribution in [2.45, 2.75) is 13.5 Å². The number of hydrogen-bond donors (Lipinski definition) is 2. The second kappa shape index (κ2) is 11.3. The number of ether oxygens (including phenoxy) is 2. The summed E-state index contributed by atoms with van der Waals surface area (Å²) < 4.78 is 15.8. The molecule has 0 saturated heterocycles. The van der Waals surface area contributed by atoms with Gasteiger partial charge in [0.2, 0.25) is 11.7 Å². The highest BCUT2D eigenvalue weighted by atomic mass is 32.1. The van der Waals surface area contributed by atoms with Crippen LogP contribution >= 0.6 is 11.3 Å². The molecule has 2 N–H and O–H groups in total. The third-order valence-electron chi connectivity index (χ3n) is 5.11. The van der Waals surface area contributed by atoms with Crippen molar-refractivity contribution in [1.29, 1.82) is 0 Å². The van der Waals surface area contributed by atoms with Gasteiger partial charge in [-0.3, -0.25) is 9.59 Å². The summed E-state index contributed by atoms with van der Waals surface area (Å²) in [5.41, 5.74) is 2.26. The second-order valence-electron chi connectivity index (χ2n) is 7.66. The summed E-state index contributed by atoms with van der Waals surface area (Å²) in [6, 6.07) is 16.2. The Balaban J connectivity index is 1.49. The van der Waals surface area contributed by atoms with Crippen LogP contribution in [-0.2, 0) is 11.3 Å². The molecular formula is C26H24N4O5S. The quantitative estimate of drug-likeness (QED) is 0.328. The third kappa shape index (κ3) is 5.97. The lowest BCUT2D eigenvalue weighted by molar-refractivity contribution is -0.118. The second-order valence-corrected chi connectivity index (χ2v) is 8.64. The first-order chi connectivity index (χ1) is 17.5. The Morgan fingerprint density at radius 2 is 1.89 bits per heavy atom. The molecule has 0 spiro atoms. The smallest absolute Gasteiger partial charge is 0.268 e. The normalized spacial score (nSPS) is 11.1. The number of thiophene rings is 1. The maximum atomic E-state index is 13.0. The van der Waals surface area contributed by atoms with Crippen molar-refractivity contribution in [1.82, 2.24) is 20.8 Å². The van der Waals surface area contributed by atoms with Crippen LogP contribution < -0.4 is 20.1 Å². The number of aryl methyl sites for hydroxylation is 1. The minimum absolute atomic E-state index is 0.00828. The fraction of sp³-hybridized carbons (Fsp3) is 0.154. The van der Waals surface area contributed by atoms with E-state index in [1.165, 1.54) is 25.6 Å². The van der Waals surface area contributed by atoms with E-state index in [1.807, 2.05) is 48.7 Å². The molecular weight excluding hydrogens is 480 g/mol. The lowest BCUT2D eigenvalue weighted by Gasteiger charge is -2.12. The Kier molecular flexibility index (Phi) is 7.76. The van der Waals surface area contributed by atoms with Gasteiger partial charge in [0.25, 0.3) is 11.8 Å². The van der Waals surface area contributed by atoms with Gasteiger partial charge in [-0.25, -0.2) is 0 Å². The molecule has 0 saturated carbocycles. The van der Waals surface area contributed by atoms with Crippen molar-refractivity contribution in [3.63, 3.8) is 0 Å². The van der Waals surface area contributed by atoms with E-state index in [-0.39, 0.29) is 18.1 Å². The van der Waals surface area contributed by atoms with Crippen molar-refractivity contribution in [3.05, 3.63) is 87.6 Å². The molecule has 0 aliphatic rings. The van der Waals surface area contributed by atoms with Gasteiger partial charge in [-0.05, 0) is 48.7 Å². The zero-order chi connectivity index (χ0) is 25.5. The lowest BCUT2D eigenvalue weighted by Crippen LogP contribution is -2.34. The van der Waals surface area contributed by atoms with E-state index in [2.05, 4.69) is 20.8 Å². The minimum atomic E-state index is -0.507. The summed E-state index contributed by atoms with van der Waals surface area (Å²) in [6.45, 7) is 1.97. The number of aromatic nitrogens is 2. The Labute approximate surface area is 211 Å². The zero-order valence-corrected chi connectivity index (χ0v) is 20.7. The van der Waals surface area contributed by atoms with Crippen LogP contribution in [0.4, 0.5) is 0 Å². The molecule has 2 aromatic carbocycles. The number of carbonyl (C=O) groups is 2. The molecule has 2 aromatic heterocycles. The largest absolute Gasteiger partial charge is 0.493 e. The zero-order valence-electron chi connectivity index (χ0n) is 19.9. The SMILES string of the molecule is COc1ccc(C(=O)N/C(=C\c2cccs2)C(=O)NCc2nc(-c3cccc(C)c3)no2)cc1OC. The van der Waals surface area contributed by atoms with Gasteiger partial charge >= 0.3 is 0 Å². The summed E-state index contributed by atoms with van der Waals surface area (Å²) in [7, 11) is 2.99. The predicted molar refractivity (Wildman–Crippen MR) is 136 cm³/mol. The Bertz CT molecular complexity index is 1400. The van der Waals surface area contributed by atoms with Crippen LogP contribution in [0.2, 0.25) is 0 Å². The number of amides is 2. The molecule has 36 heavy (non-hydrogen) atoms. The molecule has 0 aliphatic carbocycles. The maximum Gasteiger partial charge on any atom is 0.268 e. The van der Waals surface area contributed by atoms with E-state index in [0.717, 1.165) is 16.0 Å².